The summed E-state index contributed by atoms with van der Waals surface area (Å²) in [6, 6.07) is 10.8. The number of anilines is 1. The van der Waals surface area contributed by atoms with Crippen LogP contribution in [0.3, 0.4) is 0 Å². The highest BCUT2D eigenvalue weighted by molar-refractivity contribution is 9.10. The zero-order chi connectivity index (χ0) is 14.7. The Morgan fingerprint density at radius 3 is 2.65 bits per heavy atom. The lowest BCUT2D eigenvalue weighted by atomic mass is 10.0. The van der Waals surface area contributed by atoms with Crippen LogP contribution in [0.5, 0.6) is 5.75 Å². The molecule has 0 saturated carbocycles. The maximum atomic E-state index is 13.8. The van der Waals surface area contributed by atoms with Crippen LogP contribution in [0, 0.1) is 12.7 Å². The first kappa shape index (κ1) is 14.9. The Balaban J connectivity index is 2.31. The molecule has 1 unspecified atom stereocenters. The van der Waals surface area contributed by atoms with Crippen LogP contribution in [0.25, 0.3) is 0 Å². The molecule has 0 fully saturated rings. The summed E-state index contributed by atoms with van der Waals surface area (Å²) in [7, 11) is 1.64. The monoisotopic (exact) mass is 337 g/mol. The maximum absolute atomic E-state index is 13.8. The van der Waals surface area contributed by atoms with Crippen molar-refractivity contribution in [3.63, 3.8) is 0 Å². The average Bonchev–Trinajstić information content (AvgIpc) is 2.42. The molecule has 0 bridgehead atoms. The minimum absolute atomic E-state index is 0.0706. The Bertz CT molecular complexity index is 595. The van der Waals surface area contributed by atoms with Crippen molar-refractivity contribution >= 4 is 21.6 Å². The summed E-state index contributed by atoms with van der Waals surface area (Å²) < 4.78 is 20.0. The number of hydrogen-bond acceptors (Lipinski definition) is 2. The van der Waals surface area contributed by atoms with Crippen LogP contribution in [0.15, 0.2) is 40.9 Å². The van der Waals surface area contributed by atoms with Crippen LogP contribution in [-0.2, 0) is 0 Å². The first-order valence-electron chi connectivity index (χ1n) is 6.38. The third-order valence-corrected chi connectivity index (χ3v) is 3.84. The van der Waals surface area contributed by atoms with E-state index in [1.165, 1.54) is 6.07 Å². The molecule has 2 aromatic carbocycles. The Hall–Kier alpha value is -1.55. The minimum atomic E-state index is -0.280. The molecule has 0 aliphatic heterocycles. The molecule has 0 amide bonds. The summed E-state index contributed by atoms with van der Waals surface area (Å²) in [6.45, 7) is 3.99. The van der Waals surface area contributed by atoms with E-state index < -0.39 is 0 Å². The molecule has 1 atom stereocenters. The number of benzene rings is 2. The van der Waals surface area contributed by atoms with Crippen molar-refractivity contribution < 1.29 is 9.13 Å². The first-order valence-corrected chi connectivity index (χ1v) is 7.17. The van der Waals surface area contributed by atoms with Crippen LogP contribution >= 0.6 is 15.9 Å². The van der Waals surface area contributed by atoms with Crippen molar-refractivity contribution in [2.75, 3.05) is 12.4 Å². The van der Waals surface area contributed by atoms with Gasteiger partial charge in [0.25, 0.3) is 0 Å². The van der Waals surface area contributed by atoms with E-state index in [2.05, 4.69) is 21.2 Å². The van der Waals surface area contributed by atoms with Crippen molar-refractivity contribution in [3.8, 4) is 5.75 Å². The smallest absolute Gasteiger partial charge is 0.147 e. The molecule has 1 N–H and O–H groups in total. The van der Waals surface area contributed by atoms with Gasteiger partial charge >= 0.3 is 0 Å². The molecule has 4 heteroatoms. The summed E-state index contributed by atoms with van der Waals surface area (Å²) in [4.78, 5) is 0. The molecule has 0 aromatic heterocycles. The van der Waals surface area contributed by atoms with E-state index in [9.17, 15) is 4.39 Å². The number of para-hydroxylation sites is 1. The summed E-state index contributed by atoms with van der Waals surface area (Å²) in [5.74, 6) is 0.523. The zero-order valence-corrected chi connectivity index (χ0v) is 13.3. The van der Waals surface area contributed by atoms with E-state index in [1.807, 2.05) is 38.1 Å². The molecule has 0 aliphatic rings. The van der Waals surface area contributed by atoms with E-state index in [0.717, 1.165) is 16.9 Å². The predicted octanol–water partition coefficient (Wildman–Crippen LogP) is 5.08. The number of methoxy groups -OCH3 is 1. The molecule has 2 nitrogen and oxygen atoms in total. The van der Waals surface area contributed by atoms with Crippen LogP contribution in [0.2, 0.25) is 0 Å². The van der Waals surface area contributed by atoms with E-state index in [-0.39, 0.29) is 11.9 Å². The van der Waals surface area contributed by atoms with Gasteiger partial charge in [-0.05, 0) is 53.5 Å². The lowest BCUT2D eigenvalue weighted by Crippen LogP contribution is -2.10. The SMILES string of the molecule is COc1cc(C)ccc1C(C)Nc1c(F)cccc1Br. The van der Waals surface area contributed by atoms with Crippen molar-refractivity contribution in [2.24, 2.45) is 0 Å². The van der Waals surface area contributed by atoms with Gasteiger partial charge in [0.15, 0.2) is 0 Å². The third-order valence-electron chi connectivity index (χ3n) is 3.18. The van der Waals surface area contributed by atoms with Gasteiger partial charge in [0.2, 0.25) is 0 Å². The second-order valence-corrected chi connectivity index (χ2v) is 5.56. The molecule has 2 rings (SSSR count). The number of aryl methyl sites for hydroxylation is 1. The van der Waals surface area contributed by atoms with Gasteiger partial charge < -0.3 is 10.1 Å². The van der Waals surface area contributed by atoms with Gasteiger partial charge in [0.05, 0.1) is 18.8 Å². The van der Waals surface area contributed by atoms with E-state index >= 15 is 0 Å². The molecular weight excluding hydrogens is 321 g/mol. The number of ether oxygens (including phenoxy) is 1. The average molecular weight is 338 g/mol. The Kier molecular flexibility index (Phi) is 4.65. The Morgan fingerprint density at radius 2 is 2.00 bits per heavy atom. The van der Waals surface area contributed by atoms with Gasteiger partial charge in [-0.3, -0.25) is 0 Å². The van der Waals surface area contributed by atoms with Crippen LogP contribution < -0.4 is 10.1 Å². The lowest BCUT2D eigenvalue weighted by Gasteiger charge is -2.20. The summed E-state index contributed by atoms with van der Waals surface area (Å²) in [5, 5.41) is 3.19. The topological polar surface area (TPSA) is 21.3 Å². The normalized spacial score (nSPS) is 12.1. The molecule has 0 spiro atoms. The lowest BCUT2D eigenvalue weighted by molar-refractivity contribution is 0.407. The summed E-state index contributed by atoms with van der Waals surface area (Å²) in [5.41, 5.74) is 2.58. The fourth-order valence-electron chi connectivity index (χ4n) is 2.11. The first-order chi connectivity index (χ1) is 9.52. The molecular formula is C16H17BrFNO. The predicted molar refractivity (Wildman–Crippen MR) is 83.9 cm³/mol. The van der Waals surface area contributed by atoms with Crippen molar-refractivity contribution in [1.82, 2.24) is 0 Å². The van der Waals surface area contributed by atoms with E-state index in [4.69, 9.17) is 4.74 Å². The zero-order valence-electron chi connectivity index (χ0n) is 11.7. The molecule has 0 saturated heterocycles. The molecule has 2 aromatic rings. The second-order valence-electron chi connectivity index (χ2n) is 4.71. The van der Waals surface area contributed by atoms with E-state index in [0.29, 0.717) is 10.2 Å². The summed E-state index contributed by atoms with van der Waals surface area (Å²) >= 11 is 3.36. The highest BCUT2D eigenvalue weighted by atomic mass is 79.9. The van der Waals surface area contributed by atoms with Crippen LogP contribution in [0.4, 0.5) is 10.1 Å². The Morgan fingerprint density at radius 1 is 1.25 bits per heavy atom. The van der Waals surface area contributed by atoms with E-state index in [1.54, 1.807) is 13.2 Å². The van der Waals surface area contributed by atoms with Crippen LogP contribution in [0.1, 0.15) is 24.1 Å². The molecule has 106 valence electrons. The van der Waals surface area contributed by atoms with Gasteiger partial charge in [0.1, 0.15) is 11.6 Å². The summed E-state index contributed by atoms with van der Waals surface area (Å²) in [6.07, 6.45) is 0. The fourth-order valence-corrected chi connectivity index (χ4v) is 2.56. The standard InChI is InChI=1S/C16H17BrFNO/c1-10-7-8-12(15(9-10)20-3)11(2)19-16-13(17)5-4-6-14(16)18/h4-9,11,19H,1-3H3. The largest absolute Gasteiger partial charge is 0.496 e. The highest BCUT2D eigenvalue weighted by Gasteiger charge is 2.14. The number of halogens is 2. The number of nitrogens with one attached hydrogen (secondary N) is 1. The van der Waals surface area contributed by atoms with Gasteiger partial charge in [-0.15, -0.1) is 0 Å². The number of hydrogen-bond donors (Lipinski definition) is 1. The highest BCUT2D eigenvalue weighted by Crippen LogP contribution is 2.32. The van der Waals surface area contributed by atoms with Gasteiger partial charge in [-0.1, -0.05) is 18.2 Å². The number of rotatable bonds is 4. The minimum Gasteiger partial charge on any atom is -0.496 e. The second kappa shape index (κ2) is 6.27. The molecule has 0 heterocycles. The molecule has 20 heavy (non-hydrogen) atoms. The van der Waals surface area contributed by atoms with Crippen molar-refractivity contribution in [2.45, 2.75) is 19.9 Å². The third kappa shape index (κ3) is 3.12. The molecule has 0 aliphatic carbocycles. The Labute approximate surface area is 127 Å². The fraction of sp³-hybridized carbons (Fsp3) is 0.250. The quantitative estimate of drug-likeness (QED) is 0.840. The maximum Gasteiger partial charge on any atom is 0.147 e. The van der Waals surface area contributed by atoms with Crippen molar-refractivity contribution in [1.29, 1.82) is 0 Å². The molecule has 0 radical (unpaired) electrons. The van der Waals surface area contributed by atoms with Crippen LogP contribution in [-0.4, -0.2) is 7.11 Å². The van der Waals surface area contributed by atoms with Crippen molar-refractivity contribution in [3.05, 3.63) is 57.8 Å². The van der Waals surface area contributed by atoms with Gasteiger partial charge in [-0.25, -0.2) is 4.39 Å². The van der Waals surface area contributed by atoms with Gasteiger partial charge in [-0.2, -0.15) is 0 Å². The van der Waals surface area contributed by atoms with Gasteiger partial charge in [0, 0.05) is 10.0 Å².